The molecule has 6 heteroatoms. The SMILES string of the molecule is CC(N)Cc1nccc(C(F)(F)F)n1. The van der Waals surface area contributed by atoms with Crippen molar-refractivity contribution >= 4 is 0 Å². The summed E-state index contributed by atoms with van der Waals surface area (Å²) >= 11 is 0. The predicted molar refractivity (Wildman–Crippen MR) is 44.4 cm³/mol. The van der Waals surface area contributed by atoms with Crippen LogP contribution in [-0.4, -0.2) is 16.0 Å². The normalized spacial score (nSPS) is 14.1. The zero-order valence-corrected chi connectivity index (χ0v) is 7.54. The van der Waals surface area contributed by atoms with Gasteiger partial charge < -0.3 is 5.73 Å². The van der Waals surface area contributed by atoms with Crippen molar-refractivity contribution in [2.24, 2.45) is 5.73 Å². The summed E-state index contributed by atoms with van der Waals surface area (Å²) in [7, 11) is 0. The van der Waals surface area contributed by atoms with Crippen molar-refractivity contribution in [3.05, 3.63) is 23.8 Å². The number of nitrogens with two attached hydrogens (primary N) is 1. The third kappa shape index (κ3) is 2.95. The molecule has 0 aliphatic heterocycles. The maximum absolute atomic E-state index is 12.2. The molecular formula is C8H10F3N3. The van der Waals surface area contributed by atoms with E-state index in [-0.39, 0.29) is 18.3 Å². The highest BCUT2D eigenvalue weighted by atomic mass is 19.4. The Bertz CT molecular complexity index is 309. The van der Waals surface area contributed by atoms with Gasteiger partial charge in [-0.25, -0.2) is 9.97 Å². The molecule has 0 aliphatic rings. The summed E-state index contributed by atoms with van der Waals surface area (Å²) in [5, 5.41) is 0. The molecule has 3 nitrogen and oxygen atoms in total. The van der Waals surface area contributed by atoms with Crippen molar-refractivity contribution in [2.45, 2.75) is 25.6 Å². The van der Waals surface area contributed by atoms with E-state index in [1.165, 1.54) is 0 Å². The standard InChI is InChI=1S/C8H10F3N3/c1-5(12)4-7-13-3-2-6(14-7)8(9,10)11/h2-3,5H,4,12H2,1H3. The highest BCUT2D eigenvalue weighted by Crippen LogP contribution is 2.26. The van der Waals surface area contributed by atoms with Crippen molar-refractivity contribution in [1.82, 2.24) is 9.97 Å². The van der Waals surface area contributed by atoms with Crippen molar-refractivity contribution in [3.8, 4) is 0 Å². The lowest BCUT2D eigenvalue weighted by atomic mass is 10.2. The fraction of sp³-hybridized carbons (Fsp3) is 0.500. The minimum absolute atomic E-state index is 0.120. The first-order valence-corrected chi connectivity index (χ1v) is 4.04. The van der Waals surface area contributed by atoms with Crippen LogP contribution >= 0.6 is 0 Å². The maximum Gasteiger partial charge on any atom is 0.433 e. The third-order valence-corrected chi connectivity index (χ3v) is 1.50. The second kappa shape index (κ2) is 3.91. The van der Waals surface area contributed by atoms with E-state index in [9.17, 15) is 13.2 Å². The lowest BCUT2D eigenvalue weighted by Gasteiger charge is -2.07. The lowest BCUT2D eigenvalue weighted by Crippen LogP contribution is -2.20. The molecule has 0 bridgehead atoms. The monoisotopic (exact) mass is 205 g/mol. The van der Waals surface area contributed by atoms with Crippen molar-refractivity contribution in [1.29, 1.82) is 0 Å². The molecule has 1 aromatic heterocycles. The van der Waals surface area contributed by atoms with Crippen molar-refractivity contribution in [2.75, 3.05) is 0 Å². The highest BCUT2D eigenvalue weighted by molar-refractivity contribution is 5.06. The number of aromatic nitrogens is 2. The number of hydrogen-bond acceptors (Lipinski definition) is 3. The van der Waals surface area contributed by atoms with Gasteiger partial charge in [0, 0.05) is 18.7 Å². The molecule has 0 radical (unpaired) electrons. The Labute approximate surface area is 79.2 Å². The van der Waals surface area contributed by atoms with Gasteiger partial charge in [0.05, 0.1) is 0 Å². The Morgan fingerprint density at radius 1 is 1.50 bits per heavy atom. The van der Waals surface area contributed by atoms with Crippen LogP contribution in [0.15, 0.2) is 12.3 Å². The largest absolute Gasteiger partial charge is 0.433 e. The van der Waals surface area contributed by atoms with Gasteiger partial charge in [0.15, 0.2) is 0 Å². The lowest BCUT2D eigenvalue weighted by molar-refractivity contribution is -0.141. The highest BCUT2D eigenvalue weighted by Gasteiger charge is 2.32. The van der Waals surface area contributed by atoms with E-state index in [1.807, 2.05) is 0 Å². The van der Waals surface area contributed by atoms with Gasteiger partial charge in [-0.15, -0.1) is 0 Å². The third-order valence-electron chi connectivity index (χ3n) is 1.50. The van der Waals surface area contributed by atoms with Gasteiger partial charge in [-0.2, -0.15) is 13.2 Å². The number of nitrogens with zero attached hydrogens (tertiary/aromatic N) is 2. The van der Waals surface area contributed by atoms with Crippen LogP contribution in [0.25, 0.3) is 0 Å². The first kappa shape index (κ1) is 10.9. The first-order chi connectivity index (χ1) is 6.39. The van der Waals surface area contributed by atoms with E-state index in [4.69, 9.17) is 5.73 Å². The Morgan fingerprint density at radius 3 is 2.64 bits per heavy atom. The molecule has 78 valence electrons. The molecule has 0 aromatic carbocycles. The Morgan fingerprint density at radius 2 is 2.14 bits per heavy atom. The molecule has 1 rings (SSSR count). The predicted octanol–water partition coefficient (Wildman–Crippen LogP) is 1.39. The zero-order valence-electron chi connectivity index (χ0n) is 7.54. The fourth-order valence-electron chi connectivity index (χ4n) is 0.943. The fourth-order valence-corrected chi connectivity index (χ4v) is 0.943. The van der Waals surface area contributed by atoms with E-state index in [2.05, 4.69) is 9.97 Å². The van der Waals surface area contributed by atoms with Crippen LogP contribution in [0.1, 0.15) is 18.4 Å². The summed E-state index contributed by atoms with van der Waals surface area (Å²) in [4.78, 5) is 7.07. The summed E-state index contributed by atoms with van der Waals surface area (Å²) in [5.41, 5.74) is 4.49. The van der Waals surface area contributed by atoms with E-state index in [0.29, 0.717) is 0 Å². The van der Waals surface area contributed by atoms with Gasteiger partial charge in [0.25, 0.3) is 0 Å². The molecule has 0 saturated heterocycles. The van der Waals surface area contributed by atoms with Gasteiger partial charge in [-0.3, -0.25) is 0 Å². The summed E-state index contributed by atoms with van der Waals surface area (Å²) in [6, 6.07) is 0.587. The number of alkyl halides is 3. The molecular weight excluding hydrogens is 195 g/mol. The average Bonchev–Trinajstić information content (AvgIpc) is 2.01. The Hall–Kier alpha value is -1.17. The van der Waals surface area contributed by atoms with Crippen LogP contribution in [0.3, 0.4) is 0 Å². The smallest absolute Gasteiger partial charge is 0.328 e. The van der Waals surface area contributed by atoms with Crippen LogP contribution in [-0.2, 0) is 12.6 Å². The second-order valence-corrected chi connectivity index (χ2v) is 3.04. The molecule has 0 saturated carbocycles. The zero-order chi connectivity index (χ0) is 10.8. The van der Waals surface area contributed by atoms with Gasteiger partial charge >= 0.3 is 6.18 Å². The summed E-state index contributed by atoms with van der Waals surface area (Å²) in [6.45, 7) is 1.68. The van der Waals surface area contributed by atoms with Crippen LogP contribution < -0.4 is 5.73 Å². The average molecular weight is 205 g/mol. The quantitative estimate of drug-likeness (QED) is 0.793. The van der Waals surface area contributed by atoms with Gasteiger partial charge in [-0.05, 0) is 13.0 Å². The van der Waals surface area contributed by atoms with E-state index < -0.39 is 11.9 Å². The molecule has 14 heavy (non-hydrogen) atoms. The van der Waals surface area contributed by atoms with Crippen molar-refractivity contribution < 1.29 is 13.2 Å². The molecule has 0 amide bonds. The summed E-state index contributed by atoms with van der Waals surface area (Å²) in [5.74, 6) is 0.120. The molecule has 0 fully saturated rings. The van der Waals surface area contributed by atoms with Crippen molar-refractivity contribution in [3.63, 3.8) is 0 Å². The maximum atomic E-state index is 12.2. The molecule has 1 heterocycles. The van der Waals surface area contributed by atoms with Crippen LogP contribution in [0, 0.1) is 0 Å². The number of rotatable bonds is 2. The van der Waals surface area contributed by atoms with Crippen LogP contribution in [0.2, 0.25) is 0 Å². The molecule has 1 aromatic rings. The number of halogens is 3. The summed E-state index contributed by atoms with van der Waals surface area (Å²) in [6.07, 6.45) is -3.09. The first-order valence-electron chi connectivity index (χ1n) is 4.04. The minimum atomic E-state index is -4.42. The molecule has 1 unspecified atom stereocenters. The molecule has 2 N–H and O–H groups in total. The topological polar surface area (TPSA) is 51.8 Å². The minimum Gasteiger partial charge on any atom is -0.328 e. The number of hydrogen-bond donors (Lipinski definition) is 1. The van der Waals surface area contributed by atoms with Gasteiger partial charge in [0.2, 0.25) is 0 Å². The van der Waals surface area contributed by atoms with Crippen LogP contribution in [0.5, 0.6) is 0 Å². The van der Waals surface area contributed by atoms with Gasteiger partial charge in [0.1, 0.15) is 11.5 Å². The molecule has 1 atom stereocenters. The van der Waals surface area contributed by atoms with E-state index in [1.54, 1.807) is 6.92 Å². The molecule has 0 aliphatic carbocycles. The Balaban J connectivity index is 2.90. The van der Waals surface area contributed by atoms with E-state index in [0.717, 1.165) is 12.3 Å². The Kier molecular flexibility index (Phi) is 3.05. The molecule has 0 spiro atoms. The summed E-state index contributed by atoms with van der Waals surface area (Å²) < 4.78 is 36.6. The van der Waals surface area contributed by atoms with Gasteiger partial charge in [-0.1, -0.05) is 0 Å². The second-order valence-electron chi connectivity index (χ2n) is 3.04. The van der Waals surface area contributed by atoms with E-state index >= 15 is 0 Å². The van der Waals surface area contributed by atoms with Crippen LogP contribution in [0.4, 0.5) is 13.2 Å².